The first kappa shape index (κ1) is 10.6. The Bertz CT molecular complexity index is 715. The number of benzene rings is 2. The third-order valence-electron chi connectivity index (χ3n) is 3.42. The van der Waals surface area contributed by atoms with E-state index in [4.69, 9.17) is 5.26 Å². The lowest BCUT2D eigenvalue weighted by atomic mass is 9.82. The van der Waals surface area contributed by atoms with Gasteiger partial charge in [0, 0.05) is 5.56 Å². The van der Waals surface area contributed by atoms with Crippen molar-refractivity contribution in [1.82, 2.24) is 0 Å². The summed E-state index contributed by atoms with van der Waals surface area (Å²) >= 11 is 0. The molecule has 3 rings (SSSR count). The molecule has 2 nitrogen and oxygen atoms in total. The molecule has 2 heteroatoms. The molecule has 2 aromatic rings. The predicted molar refractivity (Wildman–Crippen MR) is 68.7 cm³/mol. The molecule has 0 aromatic heterocycles. The lowest BCUT2D eigenvalue weighted by molar-refractivity contribution is 0.940. The molecule has 0 unspecified atom stereocenters. The van der Waals surface area contributed by atoms with Crippen molar-refractivity contribution in [1.29, 1.82) is 10.5 Å². The van der Waals surface area contributed by atoms with Gasteiger partial charge in [0.1, 0.15) is 0 Å². The molecule has 0 radical (unpaired) electrons. The fraction of sp³-hybridized carbons (Fsp3) is 0.125. The highest BCUT2D eigenvalue weighted by Gasteiger charge is 2.19. The maximum absolute atomic E-state index is 9.28. The van der Waals surface area contributed by atoms with Gasteiger partial charge in [0.2, 0.25) is 0 Å². The first-order valence-electron chi connectivity index (χ1n) is 5.89. The molecule has 0 fully saturated rings. The average molecular weight is 230 g/mol. The molecule has 1 aliphatic carbocycles. The molecule has 84 valence electrons. The van der Waals surface area contributed by atoms with E-state index in [1.807, 2.05) is 18.2 Å². The second kappa shape index (κ2) is 4.02. The fourth-order valence-corrected chi connectivity index (χ4v) is 2.62. The second-order valence-electron chi connectivity index (χ2n) is 4.44. The van der Waals surface area contributed by atoms with E-state index in [0.717, 1.165) is 29.5 Å². The van der Waals surface area contributed by atoms with Gasteiger partial charge in [0.25, 0.3) is 0 Å². The molecular formula is C16H10N2. The van der Waals surface area contributed by atoms with E-state index in [-0.39, 0.29) is 0 Å². The van der Waals surface area contributed by atoms with Crippen molar-refractivity contribution >= 4 is 0 Å². The molecule has 0 N–H and O–H groups in total. The van der Waals surface area contributed by atoms with E-state index >= 15 is 0 Å². The van der Waals surface area contributed by atoms with Gasteiger partial charge in [-0.05, 0) is 41.7 Å². The Balaban J connectivity index is 2.35. The van der Waals surface area contributed by atoms with Gasteiger partial charge in [-0.1, -0.05) is 24.3 Å². The van der Waals surface area contributed by atoms with E-state index in [9.17, 15) is 5.26 Å². The number of hydrogen-bond donors (Lipinski definition) is 0. The number of fused-ring (bicyclic) bond motifs is 3. The van der Waals surface area contributed by atoms with Crippen LogP contribution in [0.2, 0.25) is 0 Å². The molecule has 0 bridgehead atoms. The van der Waals surface area contributed by atoms with Crippen LogP contribution in [0.25, 0.3) is 11.1 Å². The average Bonchev–Trinajstić information content (AvgIpc) is 2.45. The van der Waals surface area contributed by atoms with Crippen LogP contribution in [0.5, 0.6) is 0 Å². The second-order valence-corrected chi connectivity index (χ2v) is 4.44. The van der Waals surface area contributed by atoms with Gasteiger partial charge in [-0.25, -0.2) is 0 Å². The zero-order chi connectivity index (χ0) is 12.5. The molecule has 0 heterocycles. The predicted octanol–water partition coefficient (Wildman–Crippen LogP) is 3.20. The smallest absolute Gasteiger partial charge is 0.0998 e. The zero-order valence-corrected chi connectivity index (χ0v) is 9.77. The highest BCUT2D eigenvalue weighted by atomic mass is 14.3. The third-order valence-corrected chi connectivity index (χ3v) is 3.42. The van der Waals surface area contributed by atoms with Gasteiger partial charge in [0.15, 0.2) is 0 Å². The Labute approximate surface area is 106 Å². The van der Waals surface area contributed by atoms with Crippen LogP contribution in [0.4, 0.5) is 0 Å². The van der Waals surface area contributed by atoms with Crippen molar-refractivity contribution in [3.8, 4) is 23.3 Å². The minimum atomic E-state index is 0.574. The van der Waals surface area contributed by atoms with E-state index in [1.165, 1.54) is 5.56 Å². The number of nitrogens with zero attached hydrogens (tertiary/aromatic N) is 2. The highest BCUT2D eigenvalue weighted by Crippen LogP contribution is 2.36. The van der Waals surface area contributed by atoms with E-state index in [2.05, 4.69) is 24.3 Å². The molecular weight excluding hydrogens is 220 g/mol. The van der Waals surface area contributed by atoms with Crippen LogP contribution in [-0.2, 0) is 12.8 Å². The molecule has 0 amide bonds. The van der Waals surface area contributed by atoms with Crippen molar-refractivity contribution in [3.63, 3.8) is 0 Å². The summed E-state index contributed by atoms with van der Waals surface area (Å²) < 4.78 is 0. The first-order valence-corrected chi connectivity index (χ1v) is 5.89. The van der Waals surface area contributed by atoms with Gasteiger partial charge < -0.3 is 0 Å². The summed E-state index contributed by atoms with van der Waals surface area (Å²) in [5, 5.41) is 18.3. The minimum absolute atomic E-state index is 0.574. The maximum Gasteiger partial charge on any atom is 0.0998 e. The monoisotopic (exact) mass is 230 g/mol. The number of aryl methyl sites for hydroxylation is 2. The van der Waals surface area contributed by atoms with E-state index in [0.29, 0.717) is 11.1 Å². The molecule has 0 saturated carbocycles. The van der Waals surface area contributed by atoms with Crippen LogP contribution < -0.4 is 0 Å². The van der Waals surface area contributed by atoms with Crippen LogP contribution in [0, 0.1) is 22.7 Å². The fourth-order valence-electron chi connectivity index (χ4n) is 2.62. The van der Waals surface area contributed by atoms with Crippen molar-refractivity contribution in [3.05, 3.63) is 58.7 Å². The lowest BCUT2D eigenvalue weighted by Gasteiger charge is -2.21. The molecule has 2 aromatic carbocycles. The Morgan fingerprint density at radius 2 is 1.67 bits per heavy atom. The number of hydrogen-bond acceptors (Lipinski definition) is 2. The van der Waals surface area contributed by atoms with Crippen LogP contribution in [-0.4, -0.2) is 0 Å². The van der Waals surface area contributed by atoms with Crippen molar-refractivity contribution < 1.29 is 0 Å². The van der Waals surface area contributed by atoms with Gasteiger partial charge >= 0.3 is 0 Å². The van der Waals surface area contributed by atoms with Crippen molar-refractivity contribution in [2.45, 2.75) is 12.8 Å². The van der Waals surface area contributed by atoms with Gasteiger partial charge in [-0.15, -0.1) is 0 Å². The summed E-state index contributed by atoms with van der Waals surface area (Å²) in [6, 6.07) is 16.1. The Morgan fingerprint density at radius 3 is 2.44 bits per heavy atom. The highest BCUT2D eigenvalue weighted by molar-refractivity contribution is 5.79. The van der Waals surface area contributed by atoms with Crippen LogP contribution in [0.1, 0.15) is 22.3 Å². The number of nitriles is 2. The Kier molecular flexibility index (Phi) is 2.36. The summed E-state index contributed by atoms with van der Waals surface area (Å²) in [5.74, 6) is 0. The van der Waals surface area contributed by atoms with Crippen molar-refractivity contribution in [2.24, 2.45) is 0 Å². The zero-order valence-electron chi connectivity index (χ0n) is 9.77. The summed E-state index contributed by atoms with van der Waals surface area (Å²) in [4.78, 5) is 0. The minimum Gasteiger partial charge on any atom is -0.192 e. The largest absolute Gasteiger partial charge is 0.192 e. The Morgan fingerprint density at radius 1 is 0.889 bits per heavy atom. The summed E-state index contributed by atoms with van der Waals surface area (Å²) in [5.41, 5.74) is 5.73. The van der Waals surface area contributed by atoms with Gasteiger partial charge in [-0.3, -0.25) is 0 Å². The Hall–Kier alpha value is -2.58. The molecule has 0 saturated heterocycles. The normalized spacial score (nSPS) is 11.9. The van der Waals surface area contributed by atoms with Crippen LogP contribution in [0.15, 0.2) is 36.4 Å². The summed E-state index contributed by atoms with van der Waals surface area (Å²) in [6.07, 6.45) is 1.87. The van der Waals surface area contributed by atoms with Crippen molar-refractivity contribution in [2.75, 3.05) is 0 Å². The maximum atomic E-state index is 9.28. The van der Waals surface area contributed by atoms with Gasteiger partial charge in [0.05, 0.1) is 23.3 Å². The lowest BCUT2D eigenvalue weighted by Crippen LogP contribution is -2.06. The molecule has 18 heavy (non-hydrogen) atoms. The topological polar surface area (TPSA) is 47.6 Å². The van der Waals surface area contributed by atoms with Crippen LogP contribution in [0.3, 0.4) is 0 Å². The van der Waals surface area contributed by atoms with Gasteiger partial charge in [-0.2, -0.15) is 10.5 Å². The SMILES string of the molecule is N#Cc1cc(C#N)c2c(c1)CCc1ccccc1-2. The summed E-state index contributed by atoms with van der Waals surface area (Å²) in [6.45, 7) is 0. The number of rotatable bonds is 0. The van der Waals surface area contributed by atoms with E-state index < -0.39 is 0 Å². The molecule has 0 atom stereocenters. The quantitative estimate of drug-likeness (QED) is 0.697. The summed E-state index contributed by atoms with van der Waals surface area (Å²) in [7, 11) is 0. The molecule has 1 aliphatic rings. The molecule has 0 spiro atoms. The standard InChI is InChI=1S/C16H10N2/c17-9-11-7-13-6-5-12-3-1-2-4-15(12)16(13)14(8-11)10-18/h1-4,7-8H,5-6H2. The van der Waals surface area contributed by atoms with E-state index in [1.54, 1.807) is 6.07 Å². The first-order chi connectivity index (χ1) is 8.83. The molecule has 0 aliphatic heterocycles. The third kappa shape index (κ3) is 1.48. The van der Waals surface area contributed by atoms with Crippen LogP contribution >= 0.6 is 0 Å².